The van der Waals surface area contributed by atoms with Gasteiger partial charge in [-0.2, -0.15) is 0 Å². The van der Waals surface area contributed by atoms with Gasteiger partial charge in [0.2, 0.25) is 5.88 Å². The molecule has 0 bridgehead atoms. The number of halogens is 1. The van der Waals surface area contributed by atoms with Crippen molar-refractivity contribution in [1.82, 2.24) is 15.0 Å². The molecule has 0 unspecified atom stereocenters. The zero-order chi connectivity index (χ0) is 12.3. The lowest BCUT2D eigenvalue weighted by molar-refractivity contribution is 0.0696. The van der Waals surface area contributed by atoms with Crippen LogP contribution in [0.25, 0.3) is 0 Å². The summed E-state index contributed by atoms with van der Waals surface area (Å²) in [6, 6.07) is 1.33. The Bertz CT molecular complexity index is 562. The van der Waals surface area contributed by atoms with E-state index in [4.69, 9.17) is 21.4 Å². The van der Waals surface area contributed by atoms with Crippen LogP contribution >= 0.6 is 11.6 Å². The highest BCUT2D eigenvalue weighted by molar-refractivity contribution is 6.31. The predicted molar refractivity (Wildman–Crippen MR) is 58.3 cm³/mol. The third kappa shape index (κ3) is 2.67. The fourth-order valence-corrected chi connectivity index (χ4v) is 1.22. The third-order valence-electron chi connectivity index (χ3n) is 1.81. The van der Waals surface area contributed by atoms with Crippen LogP contribution in [-0.4, -0.2) is 26.0 Å². The first-order valence-corrected chi connectivity index (χ1v) is 4.86. The molecule has 2 rings (SSSR count). The molecule has 0 fully saturated rings. The van der Waals surface area contributed by atoms with Crippen molar-refractivity contribution >= 4 is 17.6 Å². The van der Waals surface area contributed by atoms with Gasteiger partial charge in [0.15, 0.2) is 0 Å². The molecule has 0 aromatic carbocycles. The molecule has 0 saturated heterocycles. The minimum Gasteiger partial charge on any atom is -0.478 e. The van der Waals surface area contributed by atoms with Crippen molar-refractivity contribution in [2.75, 3.05) is 0 Å². The molecule has 0 aliphatic rings. The normalized spacial score (nSPS) is 9.94. The van der Waals surface area contributed by atoms with E-state index in [0.29, 0.717) is 0 Å². The number of aromatic nitrogens is 3. The van der Waals surface area contributed by atoms with Crippen molar-refractivity contribution in [3.8, 4) is 11.6 Å². The van der Waals surface area contributed by atoms with Gasteiger partial charge in [0.25, 0.3) is 0 Å². The molecule has 0 aliphatic heterocycles. The van der Waals surface area contributed by atoms with Gasteiger partial charge in [-0.15, -0.1) is 0 Å². The molecule has 0 spiro atoms. The fourth-order valence-electron chi connectivity index (χ4n) is 1.08. The summed E-state index contributed by atoms with van der Waals surface area (Å²) in [5, 5.41) is 9.01. The van der Waals surface area contributed by atoms with E-state index in [0.717, 1.165) is 0 Å². The number of rotatable bonds is 3. The van der Waals surface area contributed by atoms with E-state index < -0.39 is 5.97 Å². The van der Waals surface area contributed by atoms with Crippen LogP contribution in [0.2, 0.25) is 5.02 Å². The van der Waals surface area contributed by atoms with Gasteiger partial charge in [0.05, 0.1) is 18.0 Å². The first kappa shape index (κ1) is 11.3. The topological polar surface area (TPSA) is 85.2 Å². The van der Waals surface area contributed by atoms with Crippen molar-refractivity contribution in [2.45, 2.75) is 0 Å². The van der Waals surface area contributed by atoms with Crippen LogP contribution in [0.15, 0.2) is 31.0 Å². The Labute approximate surface area is 101 Å². The van der Waals surface area contributed by atoms with Crippen molar-refractivity contribution < 1.29 is 14.6 Å². The van der Waals surface area contributed by atoms with Gasteiger partial charge in [-0.1, -0.05) is 11.6 Å². The zero-order valence-electron chi connectivity index (χ0n) is 8.37. The maximum Gasteiger partial charge on any atom is 0.337 e. The standard InChI is InChI=1S/C10H6ClN3O3/c11-8-4-13-5-14-9(8)17-7-1-6(10(15)16)2-12-3-7/h1-5H,(H,15,16). The maximum absolute atomic E-state index is 10.7. The van der Waals surface area contributed by atoms with E-state index in [1.54, 1.807) is 0 Å². The first-order chi connectivity index (χ1) is 8.16. The lowest BCUT2D eigenvalue weighted by Gasteiger charge is -2.05. The van der Waals surface area contributed by atoms with E-state index >= 15 is 0 Å². The number of carboxylic acids is 1. The molecule has 2 heterocycles. The molecule has 0 saturated carbocycles. The van der Waals surface area contributed by atoms with Crippen LogP contribution < -0.4 is 4.74 Å². The second-order valence-electron chi connectivity index (χ2n) is 2.99. The molecule has 2 aromatic rings. The summed E-state index contributed by atoms with van der Waals surface area (Å²) in [6.07, 6.45) is 5.23. The van der Waals surface area contributed by atoms with Gasteiger partial charge in [-0.05, 0) is 6.07 Å². The van der Waals surface area contributed by atoms with E-state index in [-0.39, 0.29) is 22.2 Å². The van der Waals surface area contributed by atoms with E-state index in [9.17, 15) is 4.79 Å². The molecule has 1 N–H and O–H groups in total. The molecule has 0 atom stereocenters. The largest absolute Gasteiger partial charge is 0.478 e. The van der Waals surface area contributed by atoms with Gasteiger partial charge in [0.1, 0.15) is 17.1 Å². The number of aromatic carboxylic acids is 1. The van der Waals surface area contributed by atoms with Crippen LogP contribution in [0.4, 0.5) is 0 Å². The average Bonchev–Trinajstić information content (AvgIpc) is 2.32. The second kappa shape index (κ2) is 4.75. The Morgan fingerprint density at radius 1 is 1.29 bits per heavy atom. The summed E-state index contributed by atoms with van der Waals surface area (Å²) in [5.41, 5.74) is 0.0210. The summed E-state index contributed by atoms with van der Waals surface area (Å²) in [6.45, 7) is 0. The molecular formula is C10H6ClN3O3. The Balaban J connectivity index is 2.28. The van der Waals surface area contributed by atoms with Gasteiger partial charge < -0.3 is 9.84 Å². The minimum atomic E-state index is -1.09. The first-order valence-electron chi connectivity index (χ1n) is 4.48. The van der Waals surface area contributed by atoms with Crippen LogP contribution in [-0.2, 0) is 0 Å². The Kier molecular flexibility index (Phi) is 3.15. The quantitative estimate of drug-likeness (QED) is 0.898. The molecule has 0 amide bonds. The molecule has 0 radical (unpaired) electrons. The average molecular weight is 252 g/mol. The van der Waals surface area contributed by atoms with Crippen LogP contribution in [0, 0.1) is 0 Å². The highest BCUT2D eigenvalue weighted by Crippen LogP contribution is 2.25. The van der Waals surface area contributed by atoms with Gasteiger partial charge in [-0.3, -0.25) is 4.98 Å². The molecule has 86 valence electrons. The van der Waals surface area contributed by atoms with Crippen LogP contribution in [0.5, 0.6) is 11.6 Å². The SMILES string of the molecule is O=C(O)c1cncc(Oc2ncncc2Cl)c1. The fraction of sp³-hybridized carbons (Fsp3) is 0. The lowest BCUT2D eigenvalue weighted by Crippen LogP contribution is -1.98. The van der Waals surface area contributed by atoms with Crippen molar-refractivity contribution in [3.05, 3.63) is 41.6 Å². The van der Waals surface area contributed by atoms with Gasteiger partial charge in [0, 0.05) is 6.20 Å². The smallest absolute Gasteiger partial charge is 0.337 e. The molecule has 17 heavy (non-hydrogen) atoms. The molecular weight excluding hydrogens is 246 g/mol. The summed E-state index contributed by atoms with van der Waals surface area (Å²) in [4.78, 5) is 22.0. The van der Waals surface area contributed by atoms with Crippen molar-refractivity contribution in [3.63, 3.8) is 0 Å². The van der Waals surface area contributed by atoms with Crippen LogP contribution in [0.1, 0.15) is 10.4 Å². The number of hydrogen-bond acceptors (Lipinski definition) is 5. The number of pyridine rings is 1. The number of ether oxygens (including phenoxy) is 1. The number of carboxylic acid groups (broad SMARTS) is 1. The van der Waals surface area contributed by atoms with Crippen LogP contribution in [0.3, 0.4) is 0 Å². The van der Waals surface area contributed by atoms with E-state index in [1.165, 1.54) is 31.0 Å². The monoisotopic (exact) mass is 251 g/mol. The van der Waals surface area contributed by atoms with E-state index in [1.807, 2.05) is 0 Å². The molecule has 0 aliphatic carbocycles. The third-order valence-corrected chi connectivity index (χ3v) is 2.07. The Morgan fingerprint density at radius 3 is 2.82 bits per heavy atom. The van der Waals surface area contributed by atoms with E-state index in [2.05, 4.69) is 15.0 Å². The molecule has 2 aromatic heterocycles. The highest BCUT2D eigenvalue weighted by Gasteiger charge is 2.08. The summed E-state index contributed by atoms with van der Waals surface area (Å²) >= 11 is 5.79. The molecule has 7 heteroatoms. The van der Waals surface area contributed by atoms with Crippen molar-refractivity contribution in [1.29, 1.82) is 0 Å². The highest BCUT2D eigenvalue weighted by atomic mass is 35.5. The second-order valence-corrected chi connectivity index (χ2v) is 3.40. The lowest BCUT2D eigenvalue weighted by atomic mass is 10.3. The summed E-state index contributed by atoms with van der Waals surface area (Å²) in [7, 11) is 0. The Hall–Kier alpha value is -2.21. The summed E-state index contributed by atoms with van der Waals surface area (Å²) < 4.78 is 5.29. The minimum absolute atomic E-state index is 0.0210. The Morgan fingerprint density at radius 2 is 2.12 bits per heavy atom. The molecule has 6 nitrogen and oxygen atoms in total. The summed E-state index contributed by atoms with van der Waals surface area (Å²) in [5.74, 6) is -0.701. The zero-order valence-corrected chi connectivity index (χ0v) is 9.13. The number of hydrogen-bond donors (Lipinski definition) is 1. The van der Waals surface area contributed by atoms with Crippen molar-refractivity contribution in [2.24, 2.45) is 0 Å². The number of nitrogens with zero attached hydrogens (tertiary/aromatic N) is 3. The predicted octanol–water partition coefficient (Wildman–Crippen LogP) is 2.02. The number of carbonyl (C=O) groups is 1. The van der Waals surface area contributed by atoms with Gasteiger partial charge >= 0.3 is 5.97 Å². The maximum atomic E-state index is 10.7. The van der Waals surface area contributed by atoms with Gasteiger partial charge in [-0.25, -0.2) is 14.8 Å².